The summed E-state index contributed by atoms with van der Waals surface area (Å²) in [6.07, 6.45) is 4.16. The van der Waals surface area contributed by atoms with Gasteiger partial charge in [-0.2, -0.15) is 5.10 Å². The van der Waals surface area contributed by atoms with Gasteiger partial charge in [-0.1, -0.05) is 0 Å². The Morgan fingerprint density at radius 1 is 1.47 bits per heavy atom. The van der Waals surface area contributed by atoms with Gasteiger partial charge in [-0.05, 0) is 6.92 Å². The normalized spacial score (nSPS) is 10.2. The second kappa shape index (κ2) is 5.34. The molecular formula is C11H13N5O3. The molecule has 2 heterocycles. The molecule has 8 heteroatoms. The average molecular weight is 263 g/mol. The summed E-state index contributed by atoms with van der Waals surface area (Å²) in [6.45, 7) is 2.03. The number of rotatable bonds is 4. The Balaban J connectivity index is 2.38. The number of nitrogens with two attached hydrogens (primary N) is 1. The minimum atomic E-state index is -0.449. The van der Waals surface area contributed by atoms with E-state index in [0.29, 0.717) is 23.7 Å². The Morgan fingerprint density at radius 3 is 2.95 bits per heavy atom. The summed E-state index contributed by atoms with van der Waals surface area (Å²) < 4.78 is 11.4. The van der Waals surface area contributed by atoms with Gasteiger partial charge in [0.05, 0.1) is 25.5 Å². The highest BCUT2D eigenvalue weighted by Crippen LogP contribution is 2.24. The Hall–Kier alpha value is -2.64. The minimum Gasteiger partial charge on any atom is -0.490 e. The first kappa shape index (κ1) is 12.8. The fraction of sp³-hybridized carbons (Fsp3) is 0.273. The van der Waals surface area contributed by atoms with E-state index in [9.17, 15) is 4.79 Å². The molecule has 0 radical (unpaired) electrons. The zero-order valence-electron chi connectivity index (χ0n) is 10.5. The molecule has 0 saturated heterocycles. The molecule has 100 valence electrons. The van der Waals surface area contributed by atoms with E-state index in [-0.39, 0.29) is 5.82 Å². The standard InChI is InChI=1S/C11H13N5O3/c1-3-19-11(17)7-4-15-16(5-7)10-8(18-2)9(12)13-6-14-10/h4-6H,3H2,1-2H3,(H2,12,13,14). The lowest BCUT2D eigenvalue weighted by Crippen LogP contribution is -2.06. The van der Waals surface area contributed by atoms with Crippen molar-refractivity contribution in [2.24, 2.45) is 0 Å². The van der Waals surface area contributed by atoms with Crippen LogP contribution in [0.15, 0.2) is 18.7 Å². The molecule has 0 unspecified atom stereocenters. The molecule has 0 atom stereocenters. The first-order valence-corrected chi connectivity index (χ1v) is 5.54. The zero-order chi connectivity index (χ0) is 13.8. The molecule has 2 N–H and O–H groups in total. The third kappa shape index (κ3) is 2.46. The van der Waals surface area contributed by atoms with E-state index < -0.39 is 5.97 Å². The largest absolute Gasteiger partial charge is 0.490 e. The van der Waals surface area contributed by atoms with E-state index in [1.165, 1.54) is 30.5 Å². The van der Waals surface area contributed by atoms with Crippen LogP contribution in [0.25, 0.3) is 5.82 Å². The van der Waals surface area contributed by atoms with Crippen molar-refractivity contribution in [3.05, 3.63) is 24.3 Å². The van der Waals surface area contributed by atoms with E-state index in [1.807, 2.05) is 0 Å². The summed E-state index contributed by atoms with van der Waals surface area (Å²) in [6, 6.07) is 0. The van der Waals surface area contributed by atoms with Crippen molar-refractivity contribution in [1.29, 1.82) is 0 Å². The molecule has 19 heavy (non-hydrogen) atoms. The van der Waals surface area contributed by atoms with Crippen molar-refractivity contribution in [1.82, 2.24) is 19.7 Å². The van der Waals surface area contributed by atoms with Gasteiger partial charge in [0.1, 0.15) is 6.33 Å². The molecule has 0 amide bonds. The predicted octanol–water partition coefficient (Wildman–Crippen LogP) is 0.430. The molecule has 8 nitrogen and oxygen atoms in total. The van der Waals surface area contributed by atoms with Crippen molar-refractivity contribution in [3.8, 4) is 11.6 Å². The van der Waals surface area contributed by atoms with Crippen molar-refractivity contribution in [2.45, 2.75) is 6.92 Å². The fourth-order valence-electron chi connectivity index (χ4n) is 1.50. The number of esters is 1. The molecule has 0 fully saturated rings. The van der Waals surface area contributed by atoms with Crippen LogP contribution >= 0.6 is 0 Å². The Kier molecular flexibility index (Phi) is 3.60. The van der Waals surface area contributed by atoms with Crippen LogP contribution in [0.2, 0.25) is 0 Å². The number of hydrogen-bond donors (Lipinski definition) is 1. The van der Waals surface area contributed by atoms with Gasteiger partial charge in [0.2, 0.25) is 11.6 Å². The molecule has 0 aliphatic rings. The zero-order valence-corrected chi connectivity index (χ0v) is 10.5. The molecule has 0 saturated carbocycles. The van der Waals surface area contributed by atoms with E-state index in [4.69, 9.17) is 15.2 Å². The van der Waals surface area contributed by atoms with Gasteiger partial charge in [0, 0.05) is 6.20 Å². The van der Waals surface area contributed by atoms with Gasteiger partial charge in [0.15, 0.2) is 5.82 Å². The Morgan fingerprint density at radius 2 is 2.26 bits per heavy atom. The van der Waals surface area contributed by atoms with Crippen LogP contribution in [-0.2, 0) is 4.74 Å². The smallest absolute Gasteiger partial charge is 0.341 e. The summed E-state index contributed by atoms with van der Waals surface area (Å²) >= 11 is 0. The number of carbonyl (C=O) groups is 1. The minimum absolute atomic E-state index is 0.195. The van der Waals surface area contributed by atoms with E-state index >= 15 is 0 Å². The predicted molar refractivity (Wildman–Crippen MR) is 66.1 cm³/mol. The van der Waals surface area contributed by atoms with Crippen molar-refractivity contribution < 1.29 is 14.3 Å². The first-order valence-electron chi connectivity index (χ1n) is 5.54. The van der Waals surface area contributed by atoms with Gasteiger partial charge < -0.3 is 15.2 Å². The third-order valence-corrected chi connectivity index (χ3v) is 2.33. The second-order valence-electron chi connectivity index (χ2n) is 3.51. The maximum atomic E-state index is 11.5. The van der Waals surface area contributed by atoms with Crippen LogP contribution in [0.1, 0.15) is 17.3 Å². The quantitative estimate of drug-likeness (QED) is 0.797. The van der Waals surface area contributed by atoms with Crippen LogP contribution in [0.4, 0.5) is 5.82 Å². The highest BCUT2D eigenvalue weighted by molar-refractivity contribution is 5.88. The van der Waals surface area contributed by atoms with Gasteiger partial charge in [0.25, 0.3) is 0 Å². The number of aromatic nitrogens is 4. The summed E-state index contributed by atoms with van der Waals surface area (Å²) in [5.74, 6) is 0.391. The van der Waals surface area contributed by atoms with Crippen molar-refractivity contribution in [2.75, 3.05) is 19.5 Å². The van der Waals surface area contributed by atoms with Crippen LogP contribution in [-0.4, -0.2) is 39.4 Å². The fourth-order valence-corrected chi connectivity index (χ4v) is 1.50. The van der Waals surface area contributed by atoms with Crippen LogP contribution < -0.4 is 10.5 Å². The SMILES string of the molecule is CCOC(=O)c1cnn(-c2ncnc(N)c2OC)c1. The van der Waals surface area contributed by atoms with Crippen molar-refractivity contribution in [3.63, 3.8) is 0 Å². The number of carbonyl (C=O) groups excluding carboxylic acids is 1. The van der Waals surface area contributed by atoms with Crippen LogP contribution in [0.3, 0.4) is 0 Å². The lowest BCUT2D eigenvalue weighted by molar-refractivity contribution is 0.0526. The van der Waals surface area contributed by atoms with Gasteiger partial charge in [-0.3, -0.25) is 0 Å². The molecule has 0 aliphatic carbocycles. The maximum absolute atomic E-state index is 11.5. The molecule has 0 bridgehead atoms. The number of nitrogens with zero attached hydrogens (tertiary/aromatic N) is 4. The summed E-state index contributed by atoms with van der Waals surface area (Å²) in [5.41, 5.74) is 6.00. The van der Waals surface area contributed by atoms with Crippen molar-refractivity contribution >= 4 is 11.8 Å². The average Bonchev–Trinajstić information content (AvgIpc) is 2.88. The molecule has 2 aromatic heterocycles. The van der Waals surface area contributed by atoms with Crippen LogP contribution in [0.5, 0.6) is 5.75 Å². The maximum Gasteiger partial charge on any atom is 0.341 e. The highest BCUT2D eigenvalue weighted by Gasteiger charge is 2.15. The monoisotopic (exact) mass is 263 g/mol. The summed E-state index contributed by atoms with van der Waals surface area (Å²) in [4.78, 5) is 19.4. The Labute approximate surface area is 109 Å². The van der Waals surface area contributed by atoms with Gasteiger partial charge in [-0.15, -0.1) is 0 Å². The lowest BCUT2D eigenvalue weighted by atomic mass is 10.4. The molecule has 2 aromatic rings. The lowest BCUT2D eigenvalue weighted by Gasteiger charge is -2.08. The van der Waals surface area contributed by atoms with E-state index in [1.54, 1.807) is 6.92 Å². The number of anilines is 1. The summed E-state index contributed by atoms with van der Waals surface area (Å²) in [5, 5.41) is 4.03. The molecular weight excluding hydrogens is 250 g/mol. The highest BCUT2D eigenvalue weighted by atomic mass is 16.5. The van der Waals surface area contributed by atoms with E-state index in [2.05, 4.69) is 15.1 Å². The molecule has 0 aliphatic heterocycles. The molecule has 0 aromatic carbocycles. The second-order valence-corrected chi connectivity index (χ2v) is 3.51. The summed E-state index contributed by atoms with van der Waals surface area (Å²) in [7, 11) is 1.45. The number of hydrogen-bond acceptors (Lipinski definition) is 7. The first-order chi connectivity index (χ1) is 9.17. The molecule has 0 spiro atoms. The van der Waals surface area contributed by atoms with Gasteiger partial charge >= 0.3 is 5.97 Å². The third-order valence-electron chi connectivity index (χ3n) is 2.33. The number of methoxy groups -OCH3 is 1. The van der Waals surface area contributed by atoms with Gasteiger partial charge in [-0.25, -0.2) is 19.4 Å². The number of ether oxygens (including phenoxy) is 2. The topological polar surface area (TPSA) is 105 Å². The Bertz CT molecular complexity index is 596. The number of nitrogen functional groups attached to an aromatic ring is 1. The van der Waals surface area contributed by atoms with Crippen LogP contribution in [0, 0.1) is 0 Å². The molecule has 2 rings (SSSR count). The van der Waals surface area contributed by atoms with E-state index in [0.717, 1.165) is 0 Å².